The van der Waals surface area contributed by atoms with E-state index in [1.54, 1.807) is 26.4 Å². The molecule has 6 nitrogen and oxygen atoms in total. The standard InChI is InChI=1S/C22H25N3O3/c1-27-19-12-17-18(13-20(19)28-2)23-21(24-22(17)26)14-25-10-6-9-16(25)11-15-7-4-3-5-8-15/h3-5,7-8,12-13,16H,6,9-11,14H2,1-2H3,(H,23,24,26)/t16-/m1/s1. The molecule has 146 valence electrons. The van der Waals surface area contributed by atoms with Gasteiger partial charge in [0.2, 0.25) is 0 Å². The summed E-state index contributed by atoms with van der Waals surface area (Å²) in [5, 5.41) is 0.503. The van der Waals surface area contributed by atoms with Gasteiger partial charge in [-0.3, -0.25) is 9.69 Å². The predicted octanol–water partition coefficient (Wildman–Crippen LogP) is 3.15. The highest BCUT2D eigenvalue weighted by atomic mass is 16.5. The molecule has 28 heavy (non-hydrogen) atoms. The average molecular weight is 379 g/mol. The summed E-state index contributed by atoms with van der Waals surface area (Å²) >= 11 is 0. The van der Waals surface area contributed by atoms with E-state index in [-0.39, 0.29) is 5.56 Å². The fourth-order valence-corrected chi connectivity index (χ4v) is 4.00. The zero-order chi connectivity index (χ0) is 19.5. The fraction of sp³-hybridized carbons (Fsp3) is 0.364. The van der Waals surface area contributed by atoms with Crippen LogP contribution in [0, 0.1) is 0 Å². The Bertz CT molecular complexity index is 1020. The predicted molar refractivity (Wildman–Crippen MR) is 109 cm³/mol. The van der Waals surface area contributed by atoms with E-state index in [1.807, 2.05) is 6.07 Å². The maximum Gasteiger partial charge on any atom is 0.258 e. The maximum atomic E-state index is 12.6. The Hall–Kier alpha value is -2.86. The third kappa shape index (κ3) is 3.73. The number of aromatic nitrogens is 2. The van der Waals surface area contributed by atoms with Crippen LogP contribution in [0.5, 0.6) is 11.5 Å². The minimum Gasteiger partial charge on any atom is -0.493 e. The van der Waals surface area contributed by atoms with Gasteiger partial charge in [-0.05, 0) is 37.4 Å². The first kappa shape index (κ1) is 18.5. The van der Waals surface area contributed by atoms with Crippen molar-refractivity contribution < 1.29 is 9.47 Å². The summed E-state index contributed by atoms with van der Waals surface area (Å²) in [4.78, 5) is 22.7. The van der Waals surface area contributed by atoms with Crippen molar-refractivity contribution in [3.8, 4) is 11.5 Å². The van der Waals surface area contributed by atoms with Gasteiger partial charge >= 0.3 is 0 Å². The van der Waals surface area contributed by atoms with E-state index >= 15 is 0 Å². The van der Waals surface area contributed by atoms with E-state index in [4.69, 9.17) is 14.5 Å². The van der Waals surface area contributed by atoms with E-state index in [2.05, 4.69) is 34.1 Å². The molecule has 0 aliphatic carbocycles. The van der Waals surface area contributed by atoms with Crippen molar-refractivity contribution in [3.05, 3.63) is 64.2 Å². The van der Waals surface area contributed by atoms with E-state index in [9.17, 15) is 4.79 Å². The van der Waals surface area contributed by atoms with Crippen molar-refractivity contribution in [2.45, 2.75) is 31.8 Å². The van der Waals surface area contributed by atoms with Gasteiger partial charge in [-0.25, -0.2) is 4.98 Å². The molecule has 1 aliphatic rings. The largest absolute Gasteiger partial charge is 0.493 e. The summed E-state index contributed by atoms with van der Waals surface area (Å²) in [6.07, 6.45) is 3.35. The normalized spacial score (nSPS) is 17.1. The zero-order valence-corrected chi connectivity index (χ0v) is 16.3. The molecule has 3 aromatic rings. The lowest BCUT2D eigenvalue weighted by atomic mass is 10.0. The molecule has 1 atom stereocenters. The first-order chi connectivity index (χ1) is 13.7. The first-order valence-electron chi connectivity index (χ1n) is 9.61. The number of hydrogen-bond acceptors (Lipinski definition) is 5. The van der Waals surface area contributed by atoms with Crippen molar-refractivity contribution in [3.63, 3.8) is 0 Å². The molecule has 4 rings (SSSR count). The Morgan fingerprint density at radius 1 is 1.14 bits per heavy atom. The number of nitrogens with zero attached hydrogens (tertiary/aromatic N) is 2. The second kappa shape index (κ2) is 8.02. The second-order valence-corrected chi connectivity index (χ2v) is 7.19. The SMILES string of the molecule is COc1cc2nc(CN3CCC[C@@H]3Cc3ccccc3)[nH]c(=O)c2cc1OC. The van der Waals surface area contributed by atoms with Crippen molar-refractivity contribution in [1.29, 1.82) is 0 Å². The quantitative estimate of drug-likeness (QED) is 0.713. The van der Waals surface area contributed by atoms with Crippen LogP contribution in [0.25, 0.3) is 10.9 Å². The van der Waals surface area contributed by atoms with Crippen molar-refractivity contribution in [1.82, 2.24) is 14.9 Å². The molecule has 1 aliphatic heterocycles. The molecule has 0 amide bonds. The number of H-pyrrole nitrogens is 1. The minimum absolute atomic E-state index is 0.153. The minimum atomic E-state index is -0.153. The van der Waals surface area contributed by atoms with Crippen LogP contribution in [-0.2, 0) is 13.0 Å². The van der Waals surface area contributed by atoms with Crippen LogP contribution in [0.4, 0.5) is 0 Å². The molecule has 1 fully saturated rings. The fourth-order valence-electron chi connectivity index (χ4n) is 4.00. The molecule has 2 heterocycles. The summed E-state index contributed by atoms with van der Waals surface area (Å²) in [6.45, 7) is 1.65. The Morgan fingerprint density at radius 3 is 2.64 bits per heavy atom. The highest BCUT2D eigenvalue weighted by Gasteiger charge is 2.25. The lowest BCUT2D eigenvalue weighted by molar-refractivity contribution is 0.238. The first-order valence-corrected chi connectivity index (χ1v) is 9.61. The number of nitrogens with one attached hydrogen (secondary N) is 1. The van der Waals surface area contributed by atoms with Gasteiger partial charge in [0, 0.05) is 12.1 Å². The summed E-state index contributed by atoms with van der Waals surface area (Å²) in [5.74, 6) is 1.78. The van der Waals surface area contributed by atoms with Crippen molar-refractivity contribution in [2.75, 3.05) is 20.8 Å². The second-order valence-electron chi connectivity index (χ2n) is 7.19. The molecule has 0 saturated carbocycles. The number of aromatic amines is 1. The van der Waals surface area contributed by atoms with E-state index in [0.717, 1.165) is 19.4 Å². The number of methoxy groups -OCH3 is 2. The lowest BCUT2D eigenvalue weighted by Gasteiger charge is -2.24. The van der Waals surface area contributed by atoms with Crippen LogP contribution in [-0.4, -0.2) is 41.7 Å². The highest BCUT2D eigenvalue weighted by Crippen LogP contribution is 2.30. The van der Waals surface area contributed by atoms with E-state index in [1.165, 1.54) is 12.0 Å². The van der Waals surface area contributed by atoms with Crippen LogP contribution in [0.15, 0.2) is 47.3 Å². The molecule has 0 radical (unpaired) electrons. The topological polar surface area (TPSA) is 67.5 Å². The molecule has 1 aromatic heterocycles. The van der Waals surface area contributed by atoms with E-state index < -0.39 is 0 Å². The number of rotatable bonds is 6. The summed E-state index contributed by atoms with van der Waals surface area (Å²) in [6, 6.07) is 14.5. The van der Waals surface area contributed by atoms with E-state index in [0.29, 0.717) is 40.8 Å². The third-order valence-electron chi connectivity index (χ3n) is 5.43. The summed E-state index contributed by atoms with van der Waals surface area (Å²) in [7, 11) is 3.14. The number of fused-ring (bicyclic) bond motifs is 1. The van der Waals surface area contributed by atoms with Gasteiger partial charge in [0.15, 0.2) is 11.5 Å². The maximum absolute atomic E-state index is 12.6. The van der Waals surface area contributed by atoms with Gasteiger partial charge in [-0.15, -0.1) is 0 Å². The van der Waals surface area contributed by atoms with Crippen LogP contribution in [0.1, 0.15) is 24.2 Å². The number of likely N-dealkylation sites (tertiary alicyclic amines) is 1. The van der Waals surface area contributed by atoms with Crippen molar-refractivity contribution >= 4 is 10.9 Å². The average Bonchev–Trinajstić information content (AvgIpc) is 3.14. The Morgan fingerprint density at radius 2 is 1.89 bits per heavy atom. The van der Waals surface area contributed by atoms with Crippen LogP contribution >= 0.6 is 0 Å². The summed E-state index contributed by atoms with van der Waals surface area (Å²) in [5.41, 5.74) is 1.81. The smallest absolute Gasteiger partial charge is 0.258 e. The van der Waals surface area contributed by atoms with Gasteiger partial charge in [0.05, 0.1) is 31.7 Å². The number of ether oxygens (including phenoxy) is 2. The Labute approximate surface area is 164 Å². The van der Waals surface area contributed by atoms with Crippen LogP contribution in [0.3, 0.4) is 0 Å². The van der Waals surface area contributed by atoms with Crippen LogP contribution < -0.4 is 15.0 Å². The molecule has 0 unspecified atom stereocenters. The monoisotopic (exact) mass is 379 g/mol. The zero-order valence-electron chi connectivity index (χ0n) is 16.3. The molecule has 6 heteroatoms. The summed E-state index contributed by atoms with van der Waals surface area (Å²) < 4.78 is 10.6. The number of benzene rings is 2. The van der Waals surface area contributed by atoms with Gasteiger partial charge in [-0.1, -0.05) is 30.3 Å². The Kier molecular flexibility index (Phi) is 5.30. The van der Waals surface area contributed by atoms with Gasteiger partial charge in [-0.2, -0.15) is 0 Å². The third-order valence-corrected chi connectivity index (χ3v) is 5.43. The molecule has 0 bridgehead atoms. The molecular formula is C22H25N3O3. The molecule has 2 aromatic carbocycles. The van der Waals surface area contributed by atoms with Gasteiger partial charge in [0.25, 0.3) is 5.56 Å². The molecule has 1 saturated heterocycles. The Balaban J connectivity index is 1.59. The highest BCUT2D eigenvalue weighted by molar-refractivity contribution is 5.81. The number of hydrogen-bond donors (Lipinski definition) is 1. The molecule has 0 spiro atoms. The van der Waals surface area contributed by atoms with Crippen molar-refractivity contribution in [2.24, 2.45) is 0 Å². The lowest BCUT2D eigenvalue weighted by Crippen LogP contribution is -2.32. The van der Waals surface area contributed by atoms with Gasteiger partial charge in [0.1, 0.15) is 5.82 Å². The molecule has 1 N–H and O–H groups in total. The molecular weight excluding hydrogens is 354 g/mol. The van der Waals surface area contributed by atoms with Crippen LogP contribution in [0.2, 0.25) is 0 Å². The van der Waals surface area contributed by atoms with Gasteiger partial charge < -0.3 is 14.5 Å².